The molecule has 1 aromatic carbocycles. The number of hydrogen-bond donors (Lipinski definition) is 1. The number of aryl methyl sites for hydroxylation is 1. The van der Waals surface area contributed by atoms with Gasteiger partial charge in [-0.15, -0.1) is 0 Å². The minimum atomic E-state index is -0.207. The fourth-order valence-corrected chi connectivity index (χ4v) is 2.05. The van der Waals surface area contributed by atoms with E-state index < -0.39 is 0 Å². The van der Waals surface area contributed by atoms with E-state index in [0.717, 1.165) is 5.56 Å². The van der Waals surface area contributed by atoms with Crippen molar-refractivity contribution in [2.75, 3.05) is 20.8 Å². The topological polar surface area (TPSA) is 61.6 Å². The Morgan fingerprint density at radius 1 is 1.35 bits per heavy atom. The Kier molecular flexibility index (Phi) is 4.78. The fourth-order valence-electron chi connectivity index (χ4n) is 1.67. The van der Waals surface area contributed by atoms with Gasteiger partial charge in [-0.1, -0.05) is 18.5 Å². The van der Waals surface area contributed by atoms with Crippen LogP contribution in [0.25, 0.3) is 0 Å². The zero-order chi connectivity index (χ0) is 13.0. The van der Waals surface area contributed by atoms with Crippen molar-refractivity contribution >= 4 is 17.4 Å². The number of methoxy groups -OCH3 is 2. The van der Waals surface area contributed by atoms with Crippen molar-refractivity contribution < 1.29 is 14.3 Å². The number of carbonyl (C=O) groups is 1. The zero-order valence-electron chi connectivity index (χ0n) is 10.2. The van der Waals surface area contributed by atoms with E-state index in [0.29, 0.717) is 28.5 Å². The Morgan fingerprint density at radius 2 is 1.94 bits per heavy atom. The minimum Gasteiger partial charge on any atom is -0.495 e. The van der Waals surface area contributed by atoms with Crippen molar-refractivity contribution in [3.63, 3.8) is 0 Å². The Bertz CT molecular complexity index is 432. The monoisotopic (exact) mass is 257 g/mol. The molecule has 5 heteroatoms. The largest absolute Gasteiger partial charge is 0.495 e. The van der Waals surface area contributed by atoms with Crippen LogP contribution < -0.4 is 15.2 Å². The summed E-state index contributed by atoms with van der Waals surface area (Å²) in [6.45, 7) is 1.87. The number of carbonyl (C=O) groups excluding carboxylic acids is 1. The van der Waals surface area contributed by atoms with Gasteiger partial charge in [-0.2, -0.15) is 0 Å². The quantitative estimate of drug-likeness (QED) is 0.821. The summed E-state index contributed by atoms with van der Waals surface area (Å²) >= 11 is 6.16. The number of hydrogen-bond acceptors (Lipinski definition) is 4. The lowest BCUT2D eigenvalue weighted by Gasteiger charge is -2.15. The number of Topliss-reactive ketones (excluding diaryl/α,β-unsaturated/α-hetero) is 1. The van der Waals surface area contributed by atoms with Crippen LogP contribution >= 0.6 is 11.6 Å². The second kappa shape index (κ2) is 5.89. The fraction of sp³-hybridized carbons (Fsp3) is 0.417. The standard InChI is InChI=1S/C12H16ClNO3/c1-4-7-5-8(9(15)6-14)12(17-3)10(13)11(7)16-2/h5H,4,6,14H2,1-3H3. The number of ether oxygens (including phenoxy) is 2. The highest BCUT2D eigenvalue weighted by atomic mass is 35.5. The third kappa shape index (κ3) is 2.53. The van der Waals surface area contributed by atoms with E-state index in [-0.39, 0.29) is 12.3 Å². The van der Waals surface area contributed by atoms with E-state index >= 15 is 0 Å². The van der Waals surface area contributed by atoms with Gasteiger partial charge in [-0.3, -0.25) is 4.79 Å². The van der Waals surface area contributed by atoms with Crippen LogP contribution in [0.1, 0.15) is 22.8 Å². The lowest BCUT2D eigenvalue weighted by molar-refractivity contribution is 0.0998. The molecule has 0 aliphatic heterocycles. The predicted octanol–water partition coefficient (Wildman–Crippen LogP) is 2.06. The number of ketones is 1. The first-order chi connectivity index (χ1) is 8.10. The lowest BCUT2D eigenvalue weighted by atomic mass is 10.0. The molecule has 17 heavy (non-hydrogen) atoms. The molecule has 0 fully saturated rings. The van der Waals surface area contributed by atoms with E-state index in [9.17, 15) is 4.79 Å². The summed E-state index contributed by atoms with van der Waals surface area (Å²) in [6, 6.07) is 1.72. The number of nitrogens with two attached hydrogens (primary N) is 1. The normalized spacial score (nSPS) is 10.2. The van der Waals surface area contributed by atoms with E-state index in [4.69, 9.17) is 26.8 Å². The molecular formula is C12H16ClNO3. The number of benzene rings is 1. The molecule has 0 aliphatic carbocycles. The number of rotatable bonds is 5. The second-order valence-corrected chi connectivity index (χ2v) is 3.82. The molecule has 1 rings (SSSR count). The second-order valence-electron chi connectivity index (χ2n) is 3.44. The Morgan fingerprint density at radius 3 is 2.35 bits per heavy atom. The van der Waals surface area contributed by atoms with Crippen molar-refractivity contribution in [2.24, 2.45) is 5.73 Å². The van der Waals surface area contributed by atoms with Crippen molar-refractivity contribution in [1.29, 1.82) is 0 Å². The molecule has 0 heterocycles. The van der Waals surface area contributed by atoms with E-state index in [2.05, 4.69) is 0 Å². The summed E-state index contributed by atoms with van der Waals surface area (Å²) in [7, 11) is 2.99. The molecule has 1 aromatic rings. The van der Waals surface area contributed by atoms with Crippen LogP contribution in [-0.2, 0) is 6.42 Å². The molecule has 0 spiro atoms. The SMILES string of the molecule is CCc1cc(C(=O)CN)c(OC)c(Cl)c1OC. The van der Waals surface area contributed by atoms with Gasteiger partial charge in [-0.25, -0.2) is 0 Å². The first-order valence-corrected chi connectivity index (χ1v) is 5.65. The molecule has 0 aromatic heterocycles. The van der Waals surface area contributed by atoms with Crippen LogP contribution in [-0.4, -0.2) is 26.5 Å². The van der Waals surface area contributed by atoms with E-state index in [1.165, 1.54) is 14.2 Å². The molecule has 0 unspecified atom stereocenters. The zero-order valence-corrected chi connectivity index (χ0v) is 10.9. The summed E-state index contributed by atoms with van der Waals surface area (Å²) in [4.78, 5) is 11.7. The maximum atomic E-state index is 11.7. The van der Waals surface area contributed by atoms with Gasteiger partial charge < -0.3 is 15.2 Å². The van der Waals surface area contributed by atoms with Crippen LogP contribution in [0.2, 0.25) is 5.02 Å². The summed E-state index contributed by atoms with van der Waals surface area (Å²) in [5, 5.41) is 0.311. The lowest BCUT2D eigenvalue weighted by Crippen LogP contribution is -2.15. The van der Waals surface area contributed by atoms with Gasteiger partial charge in [0.2, 0.25) is 0 Å². The highest BCUT2D eigenvalue weighted by molar-refractivity contribution is 6.34. The van der Waals surface area contributed by atoms with Gasteiger partial charge >= 0.3 is 0 Å². The van der Waals surface area contributed by atoms with Crippen LogP contribution in [0, 0.1) is 0 Å². The molecule has 0 atom stereocenters. The maximum Gasteiger partial charge on any atom is 0.180 e. The molecule has 0 radical (unpaired) electrons. The van der Waals surface area contributed by atoms with Crippen molar-refractivity contribution in [3.05, 3.63) is 22.2 Å². The van der Waals surface area contributed by atoms with Gasteiger partial charge in [0, 0.05) is 0 Å². The molecular weight excluding hydrogens is 242 g/mol. The van der Waals surface area contributed by atoms with Crippen molar-refractivity contribution in [2.45, 2.75) is 13.3 Å². The molecule has 0 saturated heterocycles. The summed E-state index contributed by atoms with van der Waals surface area (Å²) in [6.07, 6.45) is 0.706. The highest BCUT2D eigenvalue weighted by Crippen LogP contribution is 2.40. The maximum absolute atomic E-state index is 11.7. The molecule has 0 amide bonds. The molecule has 4 nitrogen and oxygen atoms in total. The van der Waals surface area contributed by atoms with E-state index in [1.807, 2.05) is 6.92 Å². The smallest absolute Gasteiger partial charge is 0.180 e. The predicted molar refractivity (Wildman–Crippen MR) is 67.3 cm³/mol. The highest BCUT2D eigenvalue weighted by Gasteiger charge is 2.20. The van der Waals surface area contributed by atoms with Crippen LogP contribution in [0.4, 0.5) is 0 Å². The molecule has 2 N–H and O–H groups in total. The molecule has 0 saturated carbocycles. The summed E-state index contributed by atoms with van der Waals surface area (Å²) in [5.74, 6) is 0.650. The third-order valence-corrected chi connectivity index (χ3v) is 2.87. The third-order valence-electron chi connectivity index (χ3n) is 2.53. The van der Waals surface area contributed by atoms with E-state index in [1.54, 1.807) is 6.07 Å². The molecule has 0 bridgehead atoms. The average molecular weight is 258 g/mol. The average Bonchev–Trinajstić information content (AvgIpc) is 2.36. The van der Waals surface area contributed by atoms with Crippen LogP contribution in [0.3, 0.4) is 0 Å². The van der Waals surface area contributed by atoms with Gasteiger partial charge in [0.05, 0.1) is 26.3 Å². The van der Waals surface area contributed by atoms with Gasteiger partial charge in [-0.05, 0) is 18.1 Å². The first kappa shape index (κ1) is 13.8. The summed E-state index contributed by atoms with van der Waals surface area (Å²) in [5.41, 5.74) is 6.62. The Hall–Kier alpha value is -1.26. The van der Waals surface area contributed by atoms with Gasteiger partial charge in [0.1, 0.15) is 10.8 Å². The summed E-state index contributed by atoms with van der Waals surface area (Å²) < 4.78 is 10.4. The minimum absolute atomic E-state index is 0.0812. The van der Waals surface area contributed by atoms with Gasteiger partial charge in [0.15, 0.2) is 11.5 Å². The van der Waals surface area contributed by atoms with Gasteiger partial charge in [0.25, 0.3) is 0 Å². The van der Waals surface area contributed by atoms with Crippen LogP contribution in [0.5, 0.6) is 11.5 Å². The Balaban J connectivity index is 3.50. The Labute approximate surface area is 106 Å². The number of halogens is 1. The van der Waals surface area contributed by atoms with Crippen molar-refractivity contribution in [1.82, 2.24) is 0 Å². The van der Waals surface area contributed by atoms with Crippen LogP contribution in [0.15, 0.2) is 6.07 Å². The van der Waals surface area contributed by atoms with Crippen molar-refractivity contribution in [3.8, 4) is 11.5 Å². The first-order valence-electron chi connectivity index (χ1n) is 5.27. The molecule has 0 aliphatic rings. The molecule has 94 valence electrons.